The highest BCUT2D eigenvalue weighted by molar-refractivity contribution is 9.10. The first-order valence-corrected chi connectivity index (χ1v) is 6.82. The van der Waals surface area contributed by atoms with Crippen LogP contribution in [0.1, 0.15) is 20.7 Å². The van der Waals surface area contributed by atoms with Crippen LogP contribution in [0.25, 0.3) is 0 Å². The quantitative estimate of drug-likeness (QED) is 0.465. The number of imide groups is 1. The van der Waals surface area contributed by atoms with Gasteiger partial charge in [0.1, 0.15) is 0 Å². The van der Waals surface area contributed by atoms with Crippen LogP contribution < -0.4 is 4.90 Å². The Bertz CT molecular complexity index is 818. The first-order valence-electron chi connectivity index (χ1n) is 6.03. The van der Waals surface area contributed by atoms with E-state index in [0.29, 0.717) is 0 Å². The van der Waals surface area contributed by atoms with Gasteiger partial charge in [-0.1, -0.05) is 12.1 Å². The molecule has 1 heterocycles. The Kier molecular flexibility index (Phi) is 3.25. The van der Waals surface area contributed by atoms with E-state index in [1.165, 1.54) is 12.1 Å². The van der Waals surface area contributed by atoms with Crippen LogP contribution in [0.4, 0.5) is 15.8 Å². The number of nitro groups is 1. The zero-order valence-electron chi connectivity index (χ0n) is 10.7. The van der Waals surface area contributed by atoms with Crippen LogP contribution in [-0.2, 0) is 0 Å². The molecule has 0 aromatic heterocycles. The third-order valence-corrected chi connectivity index (χ3v) is 3.88. The summed E-state index contributed by atoms with van der Waals surface area (Å²) in [7, 11) is 0. The summed E-state index contributed by atoms with van der Waals surface area (Å²) in [5.41, 5.74) is -0.480. The summed E-state index contributed by atoms with van der Waals surface area (Å²) in [6, 6.07) is 7.91. The van der Waals surface area contributed by atoms with Crippen molar-refractivity contribution >= 4 is 39.1 Å². The van der Waals surface area contributed by atoms with Crippen molar-refractivity contribution in [1.29, 1.82) is 0 Å². The van der Waals surface area contributed by atoms with E-state index in [0.717, 1.165) is 17.0 Å². The Morgan fingerprint density at radius 2 is 1.64 bits per heavy atom. The van der Waals surface area contributed by atoms with E-state index in [-0.39, 0.29) is 21.3 Å². The lowest BCUT2D eigenvalue weighted by molar-refractivity contribution is -0.387. The molecular formula is C14H6BrFN2O4. The Labute approximate surface area is 131 Å². The zero-order valence-corrected chi connectivity index (χ0v) is 12.3. The Morgan fingerprint density at radius 3 is 2.14 bits per heavy atom. The molecule has 2 aromatic rings. The smallest absolute Gasteiger partial charge is 0.268 e. The molecule has 2 aromatic carbocycles. The van der Waals surface area contributed by atoms with Gasteiger partial charge in [-0.05, 0) is 34.1 Å². The Hall–Kier alpha value is -2.61. The van der Waals surface area contributed by atoms with Gasteiger partial charge in [0, 0.05) is 10.5 Å². The van der Waals surface area contributed by atoms with Gasteiger partial charge in [-0.25, -0.2) is 4.90 Å². The van der Waals surface area contributed by atoms with Gasteiger partial charge >= 0.3 is 5.69 Å². The molecule has 1 aliphatic rings. The van der Waals surface area contributed by atoms with Crippen molar-refractivity contribution < 1.29 is 18.9 Å². The lowest BCUT2D eigenvalue weighted by Gasteiger charge is -2.15. The molecule has 0 aliphatic carbocycles. The summed E-state index contributed by atoms with van der Waals surface area (Å²) in [5, 5.41) is 10.8. The fraction of sp³-hybridized carbons (Fsp3) is 0. The SMILES string of the molecule is O=C1c2ccccc2C(=O)N1c1cc([N+](=O)[O-])c(F)cc1Br. The van der Waals surface area contributed by atoms with Gasteiger partial charge in [0.25, 0.3) is 11.8 Å². The van der Waals surface area contributed by atoms with Crippen molar-refractivity contribution in [2.24, 2.45) is 0 Å². The highest BCUT2D eigenvalue weighted by Crippen LogP contribution is 2.37. The first-order chi connectivity index (χ1) is 10.4. The second-order valence-electron chi connectivity index (χ2n) is 4.50. The normalized spacial score (nSPS) is 13.5. The highest BCUT2D eigenvalue weighted by Gasteiger charge is 2.38. The van der Waals surface area contributed by atoms with Gasteiger partial charge in [-0.2, -0.15) is 4.39 Å². The number of benzene rings is 2. The number of carbonyl (C=O) groups excluding carboxylic acids is 2. The molecule has 0 spiro atoms. The molecule has 3 rings (SSSR count). The third kappa shape index (κ3) is 2.00. The van der Waals surface area contributed by atoms with Gasteiger partial charge in [0.2, 0.25) is 5.82 Å². The molecule has 2 amide bonds. The molecule has 1 aliphatic heterocycles. The molecule has 0 saturated heterocycles. The van der Waals surface area contributed by atoms with E-state index < -0.39 is 28.2 Å². The van der Waals surface area contributed by atoms with E-state index in [4.69, 9.17) is 0 Å². The standard InChI is InChI=1S/C14H6BrFN2O4/c15-9-5-10(16)12(18(21)22)6-11(9)17-13(19)7-3-1-2-4-8(7)14(17)20/h1-6H. The lowest BCUT2D eigenvalue weighted by Crippen LogP contribution is -2.29. The number of nitrogens with zero attached hydrogens (tertiary/aromatic N) is 2. The van der Waals surface area contributed by atoms with Crippen molar-refractivity contribution in [3.63, 3.8) is 0 Å². The number of fused-ring (bicyclic) bond motifs is 1. The minimum absolute atomic E-state index is 0.0701. The second kappa shape index (κ2) is 4.99. The Morgan fingerprint density at radius 1 is 1.09 bits per heavy atom. The minimum atomic E-state index is -1.06. The van der Waals surface area contributed by atoms with Crippen LogP contribution >= 0.6 is 15.9 Å². The summed E-state index contributed by atoms with van der Waals surface area (Å²) in [4.78, 5) is 35.4. The maximum Gasteiger partial charge on any atom is 0.306 e. The summed E-state index contributed by atoms with van der Waals surface area (Å²) < 4.78 is 13.6. The molecular weight excluding hydrogens is 359 g/mol. The zero-order chi connectivity index (χ0) is 16.0. The van der Waals surface area contributed by atoms with E-state index in [1.807, 2.05) is 0 Å². The molecule has 0 fully saturated rings. The molecule has 0 radical (unpaired) electrons. The van der Waals surface area contributed by atoms with Crippen LogP contribution in [0.2, 0.25) is 0 Å². The van der Waals surface area contributed by atoms with Gasteiger partial charge in [-0.3, -0.25) is 19.7 Å². The van der Waals surface area contributed by atoms with Crippen molar-refractivity contribution in [3.05, 3.63) is 67.9 Å². The molecule has 22 heavy (non-hydrogen) atoms. The van der Waals surface area contributed by atoms with E-state index in [9.17, 15) is 24.1 Å². The number of hydrogen-bond acceptors (Lipinski definition) is 4. The van der Waals surface area contributed by atoms with Crippen LogP contribution in [0.3, 0.4) is 0 Å². The van der Waals surface area contributed by atoms with Gasteiger partial charge in [-0.15, -0.1) is 0 Å². The topological polar surface area (TPSA) is 80.5 Å². The van der Waals surface area contributed by atoms with Gasteiger partial charge in [0.15, 0.2) is 0 Å². The monoisotopic (exact) mass is 364 g/mol. The van der Waals surface area contributed by atoms with Crippen LogP contribution in [0, 0.1) is 15.9 Å². The summed E-state index contributed by atoms with van der Waals surface area (Å²) >= 11 is 3.03. The maximum absolute atomic E-state index is 13.6. The highest BCUT2D eigenvalue weighted by atomic mass is 79.9. The molecule has 8 heteroatoms. The first kappa shape index (κ1) is 14.3. The van der Waals surface area contributed by atoms with Crippen LogP contribution in [0.15, 0.2) is 40.9 Å². The van der Waals surface area contributed by atoms with Crippen molar-refractivity contribution in [3.8, 4) is 0 Å². The van der Waals surface area contributed by atoms with E-state index in [1.54, 1.807) is 12.1 Å². The van der Waals surface area contributed by atoms with Gasteiger partial charge < -0.3 is 0 Å². The third-order valence-electron chi connectivity index (χ3n) is 3.25. The largest absolute Gasteiger partial charge is 0.306 e. The molecule has 0 unspecified atom stereocenters. The van der Waals surface area contributed by atoms with Gasteiger partial charge in [0.05, 0.1) is 21.7 Å². The van der Waals surface area contributed by atoms with Crippen LogP contribution in [0.5, 0.6) is 0 Å². The predicted molar refractivity (Wildman–Crippen MR) is 78.3 cm³/mol. The molecule has 0 N–H and O–H groups in total. The number of carbonyl (C=O) groups is 2. The predicted octanol–water partition coefficient (Wildman–Crippen LogP) is 3.30. The average molecular weight is 365 g/mol. The number of anilines is 1. The summed E-state index contributed by atoms with van der Waals surface area (Å²) in [6.07, 6.45) is 0. The molecule has 0 atom stereocenters. The van der Waals surface area contributed by atoms with Crippen molar-refractivity contribution in [2.75, 3.05) is 4.90 Å². The molecule has 0 saturated carbocycles. The fourth-order valence-electron chi connectivity index (χ4n) is 2.25. The average Bonchev–Trinajstić information content (AvgIpc) is 2.72. The fourth-order valence-corrected chi connectivity index (χ4v) is 2.74. The number of rotatable bonds is 2. The summed E-state index contributed by atoms with van der Waals surface area (Å²) in [6.45, 7) is 0. The second-order valence-corrected chi connectivity index (χ2v) is 5.36. The number of amides is 2. The molecule has 110 valence electrons. The number of hydrogen-bond donors (Lipinski definition) is 0. The molecule has 0 bridgehead atoms. The van der Waals surface area contributed by atoms with E-state index in [2.05, 4.69) is 15.9 Å². The number of nitro benzene ring substituents is 1. The number of halogens is 2. The van der Waals surface area contributed by atoms with Crippen LogP contribution in [-0.4, -0.2) is 16.7 Å². The van der Waals surface area contributed by atoms with E-state index >= 15 is 0 Å². The molecule has 6 nitrogen and oxygen atoms in total. The Balaban J connectivity index is 2.18. The minimum Gasteiger partial charge on any atom is -0.268 e. The van der Waals surface area contributed by atoms with Crippen molar-refractivity contribution in [1.82, 2.24) is 0 Å². The summed E-state index contributed by atoms with van der Waals surface area (Å²) in [5.74, 6) is -2.28. The lowest BCUT2D eigenvalue weighted by atomic mass is 10.1. The van der Waals surface area contributed by atoms with Crippen molar-refractivity contribution in [2.45, 2.75) is 0 Å². The maximum atomic E-state index is 13.6.